The standard InChI is InChI=1S/C17H17ClO2S/c1-12-5-3-4-6-17(12)21-11-15(19)10-13-9-14(18)7-8-16(13)20-2/h3-9H,10-11H2,1-2H3. The number of ether oxygens (including phenoxy) is 1. The molecule has 0 aromatic heterocycles. The fourth-order valence-corrected chi connectivity index (χ4v) is 3.11. The Kier molecular flexibility index (Phi) is 5.71. The largest absolute Gasteiger partial charge is 0.496 e. The molecule has 0 aliphatic carbocycles. The van der Waals surface area contributed by atoms with E-state index in [0.29, 0.717) is 22.9 Å². The van der Waals surface area contributed by atoms with Crippen molar-refractivity contribution >= 4 is 29.1 Å². The van der Waals surface area contributed by atoms with Gasteiger partial charge in [-0.05, 0) is 36.8 Å². The van der Waals surface area contributed by atoms with Crippen LogP contribution < -0.4 is 4.74 Å². The van der Waals surface area contributed by atoms with Crippen LogP contribution in [0.25, 0.3) is 0 Å². The predicted octanol–water partition coefficient (Wildman–Crippen LogP) is 4.56. The van der Waals surface area contributed by atoms with Crippen molar-refractivity contribution in [3.8, 4) is 5.75 Å². The first-order valence-electron chi connectivity index (χ1n) is 6.62. The van der Waals surface area contributed by atoms with Gasteiger partial charge in [0.25, 0.3) is 0 Å². The molecule has 0 spiro atoms. The second kappa shape index (κ2) is 7.53. The van der Waals surface area contributed by atoms with Crippen molar-refractivity contribution in [1.82, 2.24) is 0 Å². The Labute approximate surface area is 134 Å². The van der Waals surface area contributed by atoms with Gasteiger partial charge >= 0.3 is 0 Å². The molecule has 21 heavy (non-hydrogen) atoms. The number of carbonyl (C=O) groups is 1. The van der Waals surface area contributed by atoms with Crippen molar-refractivity contribution in [2.45, 2.75) is 18.2 Å². The molecule has 4 heteroatoms. The number of methoxy groups -OCH3 is 1. The Morgan fingerprint density at radius 1 is 1.24 bits per heavy atom. The van der Waals surface area contributed by atoms with E-state index < -0.39 is 0 Å². The minimum absolute atomic E-state index is 0.156. The zero-order valence-electron chi connectivity index (χ0n) is 12.1. The lowest BCUT2D eigenvalue weighted by atomic mass is 10.1. The third-order valence-corrected chi connectivity index (χ3v) is 4.58. The van der Waals surface area contributed by atoms with Gasteiger partial charge in [0.1, 0.15) is 11.5 Å². The molecule has 110 valence electrons. The van der Waals surface area contributed by atoms with Gasteiger partial charge in [-0.3, -0.25) is 4.79 Å². The normalized spacial score (nSPS) is 10.4. The quantitative estimate of drug-likeness (QED) is 0.730. The summed E-state index contributed by atoms with van der Waals surface area (Å²) in [4.78, 5) is 13.3. The minimum Gasteiger partial charge on any atom is -0.496 e. The highest BCUT2D eigenvalue weighted by atomic mass is 35.5. The smallest absolute Gasteiger partial charge is 0.147 e. The first kappa shape index (κ1) is 15.9. The summed E-state index contributed by atoms with van der Waals surface area (Å²) in [6.45, 7) is 2.05. The summed E-state index contributed by atoms with van der Waals surface area (Å²) in [7, 11) is 1.60. The van der Waals surface area contributed by atoms with Gasteiger partial charge in [-0.15, -0.1) is 11.8 Å². The van der Waals surface area contributed by atoms with E-state index in [1.165, 1.54) is 5.56 Å². The fourth-order valence-electron chi connectivity index (χ4n) is 2.03. The third-order valence-electron chi connectivity index (χ3n) is 3.11. The SMILES string of the molecule is COc1ccc(Cl)cc1CC(=O)CSc1ccccc1C. The maximum atomic E-state index is 12.2. The Morgan fingerprint density at radius 2 is 2.00 bits per heavy atom. The van der Waals surface area contributed by atoms with Crippen LogP contribution in [0.4, 0.5) is 0 Å². The van der Waals surface area contributed by atoms with Gasteiger partial charge in [-0.2, -0.15) is 0 Å². The summed E-state index contributed by atoms with van der Waals surface area (Å²) in [5.41, 5.74) is 2.02. The second-order valence-corrected chi connectivity index (χ2v) is 6.18. The number of Topliss-reactive ketones (excluding diaryl/α,β-unsaturated/α-hetero) is 1. The molecular weight excluding hydrogens is 304 g/mol. The molecule has 0 radical (unpaired) electrons. The highest BCUT2D eigenvalue weighted by Crippen LogP contribution is 2.25. The van der Waals surface area contributed by atoms with Crippen molar-refractivity contribution in [3.05, 3.63) is 58.6 Å². The van der Waals surface area contributed by atoms with Gasteiger partial charge < -0.3 is 4.74 Å². The fraction of sp³-hybridized carbons (Fsp3) is 0.235. The Bertz CT molecular complexity index is 640. The van der Waals surface area contributed by atoms with Crippen molar-refractivity contribution in [2.24, 2.45) is 0 Å². The third kappa shape index (κ3) is 4.51. The van der Waals surface area contributed by atoms with Crippen LogP contribution in [0.1, 0.15) is 11.1 Å². The molecule has 0 bridgehead atoms. The van der Waals surface area contributed by atoms with Crippen LogP contribution in [-0.4, -0.2) is 18.6 Å². The average molecular weight is 321 g/mol. The summed E-state index contributed by atoms with van der Waals surface area (Å²) in [6, 6.07) is 13.4. The summed E-state index contributed by atoms with van der Waals surface area (Å²) >= 11 is 7.55. The van der Waals surface area contributed by atoms with E-state index >= 15 is 0 Å². The van der Waals surface area contributed by atoms with Crippen LogP contribution in [0.2, 0.25) is 5.02 Å². The molecule has 0 saturated heterocycles. The Morgan fingerprint density at radius 3 is 2.71 bits per heavy atom. The van der Waals surface area contributed by atoms with E-state index in [1.807, 2.05) is 31.2 Å². The lowest BCUT2D eigenvalue weighted by molar-refractivity contribution is -0.116. The molecule has 0 fully saturated rings. The van der Waals surface area contributed by atoms with Gasteiger partial charge in [0.05, 0.1) is 12.9 Å². The summed E-state index contributed by atoms with van der Waals surface area (Å²) in [5, 5.41) is 0.616. The number of ketones is 1. The number of rotatable bonds is 6. The van der Waals surface area contributed by atoms with E-state index in [9.17, 15) is 4.79 Å². The molecule has 0 aliphatic heterocycles. The summed E-state index contributed by atoms with van der Waals surface area (Å²) in [6.07, 6.45) is 0.336. The molecule has 0 N–H and O–H groups in total. The molecule has 0 aliphatic rings. The predicted molar refractivity (Wildman–Crippen MR) is 88.6 cm³/mol. The highest BCUT2D eigenvalue weighted by molar-refractivity contribution is 8.00. The van der Waals surface area contributed by atoms with Crippen LogP contribution >= 0.6 is 23.4 Å². The number of hydrogen-bond donors (Lipinski definition) is 0. The van der Waals surface area contributed by atoms with Crippen LogP contribution in [0.5, 0.6) is 5.75 Å². The molecular formula is C17H17ClO2S. The molecule has 2 aromatic carbocycles. The van der Waals surface area contributed by atoms with Gasteiger partial charge in [0, 0.05) is 21.9 Å². The molecule has 0 saturated carbocycles. The van der Waals surface area contributed by atoms with Gasteiger partial charge in [0.2, 0.25) is 0 Å². The average Bonchev–Trinajstić information content (AvgIpc) is 2.47. The van der Waals surface area contributed by atoms with Crippen molar-refractivity contribution in [1.29, 1.82) is 0 Å². The number of aryl methyl sites for hydroxylation is 1. The van der Waals surface area contributed by atoms with Gasteiger partial charge in [-0.1, -0.05) is 29.8 Å². The molecule has 0 heterocycles. The second-order valence-electron chi connectivity index (χ2n) is 4.73. The van der Waals surface area contributed by atoms with Crippen molar-refractivity contribution in [2.75, 3.05) is 12.9 Å². The first-order chi connectivity index (χ1) is 10.1. The van der Waals surface area contributed by atoms with E-state index in [-0.39, 0.29) is 5.78 Å². The molecule has 0 amide bonds. The van der Waals surface area contributed by atoms with Crippen molar-refractivity contribution < 1.29 is 9.53 Å². The number of halogens is 1. The monoisotopic (exact) mass is 320 g/mol. The van der Waals surface area contributed by atoms with E-state index in [2.05, 4.69) is 0 Å². The molecule has 0 atom stereocenters. The molecule has 0 unspecified atom stereocenters. The van der Waals surface area contributed by atoms with Crippen LogP contribution in [-0.2, 0) is 11.2 Å². The number of hydrogen-bond acceptors (Lipinski definition) is 3. The van der Waals surface area contributed by atoms with Crippen LogP contribution in [0, 0.1) is 6.92 Å². The lowest BCUT2D eigenvalue weighted by Gasteiger charge is -2.09. The van der Waals surface area contributed by atoms with Crippen LogP contribution in [0.15, 0.2) is 47.4 Å². The van der Waals surface area contributed by atoms with E-state index in [4.69, 9.17) is 16.3 Å². The zero-order valence-corrected chi connectivity index (χ0v) is 13.6. The van der Waals surface area contributed by atoms with Crippen molar-refractivity contribution in [3.63, 3.8) is 0 Å². The lowest BCUT2D eigenvalue weighted by Crippen LogP contribution is -2.07. The summed E-state index contributed by atoms with van der Waals surface area (Å²) in [5.74, 6) is 1.30. The minimum atomic E-state index is 0.156. The van der Waals surface area contributed by atoms with Gasteiger partial charge in [-0.25, -0.2) is 0 Å². The Balaban J connectivity index is 1.99. The molecule has 2 nitrogen and oxygen atoms in total. The number of benzene rings is 2. The zero-order chi connectivity index (χ0) is 15.2. The van der Waals surface area contributed by atoms with Gasteiger partial charge in [0.15, 0.2) is 0 Å². The molecule has 2 rings (SSSR count). The number of carbonyl (C=O) groups excluding carboxylic acids is 1. The highest BCUT2D eigenvalue weighted by Gasteiger charge is 2.10. The van der Waals surface area contributed by atoms with E-state index in [1.54, 1.807) is 37.1 Å². The number of thioether (sulfide) groups is 1. The topological polar surface area (TPSA) is 26.3 Å². The summed E-state index contributed by atoms with van der Waals surface area (Å²) < 4.78 is 5.27. The Hall–Kier alpha value is -1.45. The molecule has 2 aromatic rings. The van der Waals surface area contributed by atoms with Crippen LogP contribution in [0.3, 0.4) is 0 Å². The maximum absolute atomic E-state index is 12.2. The van der Waals surface area contributed by atoms with E-state index in [0.717, 1.165) is 10.5 Å². The maximum Gasteiger partial charge on any atom is 0.147 e. The first-order valence-corrected chi connectivity index (χ1v) is 7.99.